The molecule has 1 unspecified atom stereocenters. The van der Waals surface area contributed by atoms with Crippen LogP contribution in [0.15, 0.2) is 6.20 Å². The molecule has 7 heteroatoms. The Hall–Kier alpha value is -1.63. The molecule has 1 atom stereocenters. The quantitative estimate of drug-likeness (QED) is 0.869. The van der Waals surface area contributed by atoms with Gasteiger partial charge in [0, 0.05) is 30.6 Å². The van der Waals surface area contributed by atoms with E-state index in [1.54, 1.807) is 22.4 Å². The lowest BCUT2D eigenvalue weighted by atomic mass is 10.0. The number of carbonyl (C=O) groups excluding carboxylic acids is 1. The fraction of sp³-hybridized carbons (Fsp3) is 0.615. The number of hydrogen-bond acceptors (Lipinski definition) is 4. The Kier molecular flexibility index (Phi) is 4.94. The second kappa shape index (κ2) is 6.69. The Morgan fingerprint density at radius 3 is 3.05 bits per heavy atom. The summed E-state index contributed by atoms with van der Waals surface area (Å²) in [7, 11) is 0. The van der Waals surface area contributed by atoms with Crippen molar-refractivity contribution in [3.8, 4) is 0 Å². The van der Waals surface area contributed by atoms with Crippen molar-refractivity contribution in [1.82, 2.24) is 15.2 Å². The maximum atomic E-state index is 12.0. The zero-order valence-electron chi connectivity index (χ0n) is 11.5. The number of rotatable bonds is 5. The van der Waals surface area contributed by atoms with E-state index in [-0.39, 0.29) is 12.5 Å². The third kappa shape index (κ3) is 4.19. The van der Waals surface area contributed by atoms with Crippen molar-refractivity contribution in [2.75, 3.05) is 13.1 Å². The van der Waals surface area contributed by atoms with Crippen LogP contribution in [-0.4, -0.2) is 40.1 Å². The minimum Gasteiger partial charge on any atom is -0.481 e. The molecule has 20 heavy (non-hydrogen) atoms. The van der Waals surface area contributed by atoms with Crippen molar-refractivity contribution in [3.63, 3.8) is 0 Å². The Morgan fingerprint density at radius 1 is 1.60 bits per heavy atom. The van der Waals surface area contributed by atoms with Gasteiger partial charge in [0.05, 0.1) is 6.54 Å². The van der Waals surface area contributed by atoms with Crippen molar-refractivity contribution < 1.29 is 14.7 Å². The smallest absolute Gasteiger partial charge is 0.317 e. The molecule has 0 aliphatic carbocycles. The maximum Gasteiger partial charge on any atom is 0.317 e. The first-order chi connectivity index (χ1) is 9.54. The van der Waals surface area contributed by atoms with Gasteiger partial charge in [-0.25, -0.2) is 9.78 Å². The first-order valence-electron chi connectivity index (χ1n) is 6.70. The average molecular weight is 297 g/mol. The predicted octanol–water partition coefficient (Wildman–Crippen LogP) is 1.85. The molecule has 1 aromatic heterocycles. The van der Waals surface area contributed by atoms with E-state index in [2.05, 4.69) is 10.3 Å². The lowest BCUT2D eigenvalue weighted by Crippen LogP contribution is -2.38. The molecule has 2 rings (SSSR count). The summed E-state index contributed by atoms with van der Waals surface area (Å²) in [6.07, 6.45) is 3.50. The molecular weight excluding hydrogens is 278 g/mol. The second-order valence-electron chi connectivity index (χ2n) is 5.06. The summed E-state index contributed by atoms with van der Waals surface area (Å²) in [6.45, 7) is 3.78. The van der Waals surface area contributed by atoms with Crippen LogP contribution >= 0.6 is 11.3 Å². The largest absolute Gasteiger partial charge is 0.481 e. The van der Waals surface area contributed by atoms with Gasteiger partial charge in [0.2, 0.25) is 0 Å². The molecule has 0 bridgehead atoms. The number of aliphatic carboxylic acids is 1. The summed E-state index contributed by atoms with van der Waals surface area (Å²) in [4.78, 5) is 29.6. The molecule has 0 aromatic carbocycles. The van der Waals surface area contributed by atoms with Gasteiger partial charge in [0.15, 0.2) is 0 Å². The molecular formula is C13H19N3O3S. The molecule has 0 spiro atoms. The van der Waals surface area contributed by atoms with Crippen molar-refractivity contribution in [2.45, 2.75) is 32.7 Å². The SMILES string of the molecule is Cc1cnc(CNC(=O)N2CCC(CCC(=O)O)C2)s1. The predicted molar refractivity (Wildman–Crippen MR) is 75.6 cm³/mol. The molecule has 0 saturated carbocycles. The number of likely N-dealkylation sites (tertiary alicyclic amines) is 1. The Labute approximate surface area is 121 Å². The van der Waals surface area contributed by atoms with Crippen LogP contribution in [0.2, 0.25) is 0 Å². The first kappa shape index (κ1) is 14.8. The highest BCUT2D eigenvalue weighted by molar-refractivity contribution is 7.11. The zero-order valence-corrected chi connectivity index (χ0v) is 12.3. The number of hydrogen-bond donors (Lipinski definition) is 2. The van der Waals surface area contributed by atoms with Gasteiger partial charge in [-0.15, -0.1) is 11.3 Å². The van der Waals surface area contributed by atoms with Crippen LogP contribution < -0.4 is 5.32 Å². The number of aromatic nitrogens is 1. The third-order valence-corrected chi connectivity index (χ3v) is 4.31. The number of carbonyl (C=O) groups is 2. The number of aryl methyl sites for hydroxylation is 1. The highest BCUT2D eigenvalue weighted by atomic mass is 32.1. The standard InChI is InChI=1S/C13H19N3O3S/c1-9-6-14-11(20-9)7-15-13(19)16-5-4-10(8-16)2-3-12(17)18/h6,10H,2-5,7-8H2,1H3,(H,15,19)(H,17,18). The van der Waals surface area contributed by atoms with Crippen molar-refractivity contribution in [3.05, 3.63) is 16.1 Å². The average Bonchev–Trinajstić information content (AvgIpc) is 3.02. The number of amides is 2. The normalized spacial score (nSPS) is 18.2. The van der Waals surface area contributed by atoms with E-state index in [1.165, 1.54) is 0 Å². The van der Waals surface area contributed by atoms with Gasteiger partial charge in [-0.3, -0.25) is 4.79 Å². The Bertz CT molecular complexity index is 489. The van der Waals surface area contributed by atoms with Crippen LogP contribution in [0.25, 0.3) is 0 Å². The van der Waals surface area contributed by atoms with E-state index in [0.29, 0.717) is 32.0 Å². The van der Waals surface area contributed by atoms with Gasteiger partial charge in [-0.05, 0) is 25.7 Å². The van der Waals surface area contributed by atoms with E-state index in [1.807, 2.05) is 6.92 Å². The fourth-order valence-corrected chi connectivity index (χ4v) is 3.05. The summed E-state index contributed by atoms with van der Waals surface area (Å²) >= 11 is 1.57. The Balaban J connectivity index is 1.72. The van der Waals surface area contributed by atoms with E-state index in [0.717, 1.165) is 16.3 Å². The molecule has 2 amide bonds. The number of thiazole rings is 1. The topological polar surface area (TPSA) is 82.5 Å². The van der Waals surface area contributed by atoms with Gasteiger partial charge >= 0.3 is 12.0 Å². The lowest BCUT2D eigenvalue weighted by molar-refractivity contribution is -0.137. The molecule has 1 aromatic rings. The molecule has 1 aliphatic heterocycles. The first-order valence-corrected chi connectivity index (χ1v) is 7.52. The van der Waals surface area contributed by atoms with Gasteiger partial charge in [0.25, 0.3) is 0 Å². The Morgan fingerprint density at radius 2 is 2.40 bits per heavy atom. The molecule has 110 valence electrons. The fourth-order valence-electron chi connectivity index (χ4n) is 2.33. The number of urea groups is 1. The number of carboxylic acid groups (broad SMARTS) is 1. The molecule has 6 nitrogen and oxygen atoms in total. The molecule has 2 heterocycles. The molecule has 1 saturated heterocycles. The van der Waals surface area contributed by atoms with Crippen molar-refractivity contribution in [2.24, 2.45) is 5.92 Å². The monoisotopic (exact) mass is 297 g/mol. The zero-order chi connectivity index (χ0) is 14.5. The van der Waals surface area contributed by atoms with Crippen LogP contribution in [0.3, 0.4) is 0 Å². The maximum absolute atomic E-state index is 12.0. The molecule has 1 aliphatic rings. The van der Waals surface area contributed by atoms with Gasteiger partial charge in [-0.2, -0.15) is 0 Å². The number of carboxylic acids is 1. The van der Waals surface area contributed by atoms with Gasteiger partial charge < -0.3 is 15.3 Å². The van der Waals surface area contributed by atoms with Crippen LogP contribution in [0.5, 0.6) is 0 Å². The van der Waals surface area contributed by atoms with Crippen molar-refractivity contribution in [1.29, 1.82) is 0 Å². The van der Waals surface area contributed by atoms with E-state index in [9.17, 15) is 9.59 Å². The van der Waals surface area contributed by atoms with Gasteiger partial charge in [0.1, 0.15) is 5.01 Å². The highest BCUT2D eigenvalue weighted by Gasteiger charge is 2.26. The minimum absolute atomic E-state index is 0.0873. The van der Waals surface area contributed by atoms with Crippen LogP contribution in [-0.2, 0) is 11.3 Å². The molecule has 2 N–H and O–H groups in total. The second-order valence-corrected chi connectivity index (χ2v) is 6.38. The van der Waals surface area contributed by atoms with Gasteiger partial charge in [-0.1, -0.05) is 0 Å². The van der Waals surface area contributed by atoms with Crippen LogP contribution in [0.1, 0.15) is 29.1 Å². The van der Waals surface area contributed by atoms with Crippen molar-refractivity contribution >= 4 is 23.3 Å². The summed E-state index contributed by atoms with van der Waals surface area (Å²) in [5, 5.41) is 12.4. The van der Waals surface area contributed by atoms with E-state index in [4.69, 9.17) is 5.11 Å². The molecule has 0 radical (unpaired) electrons. The minimum atomic E-state index is -0.771. The highest BCUT2D eigenvalue weighted by Crippen LogP contribution is 2.21. The number of nitrogens with one attached hydrogen (secondary N) is 1. The summed E-state index contributed by atoms with van der Waals surface area (Å²) in [6, 6.07) is -0.0873. The van der Waals surface area contributed by atoms with E-state index < -0.39 is 5.97 Å². The summed E-state index contributed by atoms with van der Waals surface area (Å²) in [5.74, 6) is -0.467. The third-order valence-electron chi connectivity index (χ3n) is 3.40. The molecule has 1 fully saturated rings. The van der Waals surface area contributed by atoms with Crippen LogP contribution in [0.4, 0.5) is 4.79 Å². The summed E-state index contributed by atoms with van der Waals surface area (Å²) < 4.78 is 0. The lowest BCUT2D eigenvalue weighted by Gasteiger charge is -2.16. The number of nitrogens with zero attached hydrogens (tertiary/aromatic N) is 2. The van der Waals surface area contributed by atoms with E-state index >= 15 is 0 Å². The summed E-state index contributed by atoms with van der Waals surface area (Å²) in [5.41, 5.74) is 0. The van der Waals surface area contributed by atoms with Crippen LogP contribution in [0, 0.1) is 12.8 Å².